The highest BCUT2D eigenvalue weighted by Crippen LogP contribution is 1.94. The Morgan fingerprint density at radius 2 is 2.11 bits per heavy atom. The molecule has 1 unspecified atom stereocenters. The van der Waals surface area contributed by atoms with Crippen LogP contribution in [0.15, 0.2) is 10.2 Å². The van der Waals surface area contributed by atoms with E-state index in [-0.39, 0.29) is 0 Å². The monoisotopic (exact) mass is 126 g/mol. The Morgan fingerprint density at radius 3 is 2.56 bits per heavy atom. The second-order valence-electron chi connectivity index (χ2n) is 2.02. The van der Waals surface area contributed by atoms with Gasteiger partial charge in [-0.1, -0.05) is 13.8 Å². The first-order chi connectivity index (χ1) is 4.31. The first-order valence-electron chi connectivity index (χ1n) is 3.32. The summed E-state index contributed by atoms with van der Waals surface area (Å²) < 4.78 is 0. The molecule has 0 saturated carbocycles. The third-order valence-electron chi connectivity index (χ3n) is 1.15. The molecule has 0 aromatic carbocycles. The van der Waals surface area contributed by atoms with E-state index in [9.17, 15) is 0 Å². The summed E-state index contributed by atoms with van der Waals surface area (Å²) in [4.78, 5) is 0. The van der Waals surface area contributed by atoms with Crippen LogP contribution in [0, 0.1) is 5.92 Å². The lowest BCUT2D eigenvalue weighted by Gasteiger charge is -1.94. The fourth-order valence-electron chi connectivity index (χ4n) is 0.324. The molecule has 9 heavy (non-hydrogen) atoms. The molecule has 0 aliphatic rings. The van der Waals surface area contributed by atoms with Gasteiger partial charge in [-0.05, 0) is 19.3 Å². The van der Waals surface area contributed by atoms with Gasteiger partial charge in [-0.25, -0.2) is 0 Å². The fraction of sp³-hybridized carbons (Fsp3) is 0.714. The maximum absolute atomic E-state index is 3.81. The lowest BCUT2D eigenvalue weighted by Crippen LogP contribution is -1.90. The quantitative estimate of drug-likeness (QED) is 0.408. The number of nitrogens with zero attached hydrogens (tertiary/aromatic N) is 2. The van der Waals surface area contributed by atoms with Gasteiger partial charge in [-0.15, -0.1) is 0 Å². The van der Waals surface area contributed by atoms with Crippen molar-refractivity contribution in [3.63, 3.8) is 0 Å². The summed E-state index contributed by atoms with van der Waals surface area (Å²) in [5.41, 5.74) is 0. The van der Waals surface area contributed by atoms with Crippen molar-refractivity contribution in [2.24, 2.45) is 16.1 Å². The highest BCUT2D eigenvalue weighted by Gasteiger charge is 1.88. The van der Waals surface area contributed by atoms with Crippen LogP contribution in [0.2, 0.25) is 0 Å². The highest BCUT2D eigenvalue weighted by atomic mass is 15.2. The molecule has 0 amide bonds. The van der Waals surface area contributed by atoms with Crippen molar-refractivity contribution in [2.45, 2.75) is 27.2 Å². The maximum Gasteiger partial charge on any atom is 0.0298 e. The van der Waals surface area contributed by atoms with Crippen molar-refractivity contribution in [2.75, 3.05) is 0 Å². The van der Waals surface area contributed by atoms with Crippen molar-refractivity contribution >= 4 is 12.4 Å². The SMILES string of the molecule is C/C=N\N=C/C(C)CC. The molecular weight excluding hydrogens is 112 g/mol. The summed E-state index contributed by atoms with van der Waals surface area (Å²) in [5.74, 6) is 0.550. The highest BCUT2D eigenvalue weighted by molar-refractivity contribution is 5.61. The predicted molar refractivity (Wildman–Crippen MR) is 42.1 cm³/mol. The van der Waals surface area contributed by atoms with E-state index in [1.54, 1.807) is 6.21 Å². The molecule has 2 nitrogen and oxygen atoms in total. The first-order valence-corrected chi connectivity index (χ1v) is 3.32. The largest absolute Gasteiger partial charge is 0.164 e. The predicted octanol–water partition coefficient (Wildman–Crippen LogP) is 2.11. The lowest BCUT2D eigenvalue weighted by atomic mass is 10.1. The molecule has 2 heteroatoms. The molecule has 0 saturated heterocycles. The van der Waals surface area contributed by atoms with Crippen LogP contribution in [0.4, 0.5) is 0 Å². The Labute approximate surface area is 56.7 Å². The molecule has 0 aliphatic heterocycles. The number of hydrogen-bond donors (Lipinski definition) is 0. The van der Waals surface area contributed by atoms with Crippen LogP contribution in [0.5, 0.6) is 0 Å². The number of rotatable bonds is 3. The molecule has 0 fully saturated rings. The molecule has 0 rings (SSSR count). The summed E-state index contributed by atoms with van der Waals surface area (Å²) in [6.45, 7) is 6.11. The molecule has 0 radical (unpaired) electrons. The molecule has 0 aromatic heterocycles. The average Bonchev–Trinajstić information content (AvgIpc) is 1.89. The third-order valence-corrected chi connectivity index (χ3v) is 1.15. The normalized spacial score (nSPS) is 15.4. The van der Waals surface area contributed by atoms with E-state index >= 15 is 0 Å². The smallest absolute Gasteiger partial charge is 0.0298 e. The summed E-state index contributed by atoms with van der Waals surface area (Å²) in [6.07, 6.45) is 4.67. The van der Waals surface area contributed by atoms with Gasteiger partial charge in [-0.2, -0.15) is 10.2 Å². The van der Waals surface area contributed by atoms with Gasteiger partial charge < -0.3 is 0 Å². The number of hydrogen-bond acceptors (Lipinski definition) is 2. The Bertz CT molecular complexity index is 105. The van der Waals surface area contributed by atoms with E-state index in [2.05, 4.69) is 24.1 Å². The minimum atomic E-state index is 0.550. The Morgan fingerprint density at radius 1 is 1.44 bits per heavy atom. The summed E-state index contributed by atoms with van der Waals surface area (Å²) in [7, 11) is 0. The first kappa shape index (κ1) is 8.34. The molecule has 1 atom stereocenters. The average molecular weight is 126 g/mol. The summed E-state index contributed by atoms with van der Waals surface area (Å²) in [5, 5.41) is 7.51. The van der Waals surface area contributed by atoms with Gasteiger partial charge in [0.2, 0.25) is 0 Å². The minimum absolute atomic E-state index is 0.550. The zero-order valence-corrected chi connectivity index (χ0v) is 6.33. The lowest BCUT2D eigenvalue weighted by molar-refractivity contribution is 0.752. The third kappa shape index (κ3) is 5.21. The van der Waals surface area contributed by atoms with Crippen LogP contribution >= 0.6 is 0 Å². The molecule has 0 bridgehead atoms. The van der Waals surface area contributed by atoms with Gasteiger partial charge in [0.1, 0.15) is 0 Å². The van der Waals surface area contributed by atoms with Crippen LogP contribution in [0.3, 0.4) is 0 Å². The van der Waals surface area contributed by atoms with Crippen LogP contribution in [-0.4, -0.2) is 12.4 Å². The summed E-state index contributed by atoms with van der Waals surface area (Å²) >= 11 is 0. The molecular formula is C7H14N2. The van der Waals surface area contributed by atoms with E-state index < -0.39 is 0 Å². The van der Waals surface area contributed by atoms with E-state index in [1.165, 1.54) is 0 Å². The molecule has 0 aliphatic carbocycles. The van der Waals surface area contributed by atoms with E-state index in [1.807, 2.05) is 13.1 Å². The van der Waals surface area contributed by atoms with Crippen LogP contribution in [-0.2, 0) is 0 Å². The Kier molecular flexibility index (Phi) is 5.07. The van der Waals surface area contributed by atoms with Crippen LogP contribution in [0.1, 0.15) is 27.2 Å². The minimum Gasteiger partial charge on any atom is -0.164 e. The molecule has 0 N–H and O–H groups in total. The fourth-order valence-corrected chi connectivity index (χ4v) is 0.324. The van der Waals surface area contributed by atoms with Crippen LogP contribution < -0.4 is 0 Å². The van der Waals surface area contributed by atoms with Crippen molar-refractivity contribution in [3.05, 3.63) is 0 Å². The molecule has 0 heterocycles. The Balaban J connectivity index is 3.43. The van der Waals surface area contributed by atoms with E-state index in [4.69, 9.17) is 0 Å². The Hall–Kier alpha value is -0.660. The van der Waals surface area contributed by atoms with E-state index in [0.717, 1.165) is 6.42 Å². The molecule has 52 valence electrons. The van der Waals surface area contributed by atoms with Crippen molar-refractivity contribution in [1.29, 1.82) is 0 Å². The van der Waals surface area contributed by atoms with Gasteiger partial charge in [0.25, 0.3) is 0 Å². The van der Waals surface area contributed by atoms with Gasteiger partial charge in [0.05, 0.1) is 0 Å². The van der Waals surface area contributed by atoms with Crippen molar-refractivity contribution < 1.29 is 0 Å². The topological polar surface area (TPSA) is 24.7 Å². The maximum atomic E-state index is 3.81. The second kappa shape index (κ2) is 5.48. The van der Waals surface area contributed by atoms with Crippen molar-refractivity contribution in [3.8, 4) is 0 Å². The van der Waals surface area contributed by atoms with Gasteiger partial charge in [0, 0.05) is 12.4 Å². The zero-order valence-electron chi connectivity index (χ0n) is 6.33. The molecule has 0 spiro atoms. The summed E-state index contributed by atoms with van der Waals surface area (Å²) in [6, 6.07) is 0. The van der Waals surface area contributed by atoms with E-state index in [0.29, 0.717) is 5.92 Å². The van der Waals surface area contributed by atoms with Crippen LogP contribution in [0.25, 0.3) is 0 Å². The van der Waals surface area contributed by atoms with Gasteiger partial charge in [0.15, 0.2) is 0 Å². The zero-order chi connectivity index (χ0) is 7.11. The van der Waals surface area contributed by atoms with Gasteiger partial charge in [-0.3, -0.25) is 0 Å². The van der Waals surface area contributed by atoms with Gasteiger partial charge >= 0.3 is 0 Å². The van der Waals surface area contributed by atoms with Crippen molar-refractivity contribution in [1.82, 2.24) is 0 Å². The molecule has 0 aromatic rings. The second-order valence-corrected chi connectivity index (χ2v) is 2.02. The standard InChI is InChI=1S/C7H14N2/c1-4-7(3)6-9-8-5-2/h5-7H,4H2,1-3H3/b8-5-,9-6-.